The maximum Gasteiger partial charge on any atom is 0 e. The van der Waals surface area contributed by atoms with Crippen molar-refractivity contribution in [2.45, 2.75) is 13.8 Å². The molecule has 88 valence electrons. The first-order valence-corrected chi connectivity index (χ1v) is 5.97. The predicted molar refractivity (Wildman–Crippen MR) is 74.5 cm³/mol. The van der Waals surface area contributed by atoms with E-state index in [0.29, 0.717) is 0 Å². The van der Waals surface area contributed by atoms with Crippen molar-refractivity contribution in [3.63, 3.8) is 0 Å². The van der Waals surface area contributed by atoms with Crippen molar-refractivity contribution in [2.24, 2.45) is 0 Å². The third-order valence-electron chi connectivity index (χ3n) is 3.26. The molecule has 0 spiro atoms. The van der Waals surface area contributed by atoms with Crippen molar-refractivity contribution in [3.05, 3.63) is 65.7 Å². The fraction of sp³-hybridized carbons (Fsp3) is 0.118. The average molecular weight is 311 g/mol. The van der Waals surface area contributed by atoms with Crippen molar-refractivity contribution >= 4 is 10.8 Å². The third-order valence-corrected chi connectivity index (χ3v) is 3.26. The number of hydrogen-bond donors (Lipinski definition) is 0. The van der Waals surface area contributed by atoms with Crippen molar-refractivity contribution in [1.29, 1.82) is 0 Å². The maximum absolute atomic E-state index is 2.27. The van der Waals surface area contributed by atoms with E-state index in [-0.39, 0.29) is 26.2 Å². The Hall–Kier alpha value is -1.07. The van der Waals surface area contributed by atoms with Gasteiger partial charge in [0.1, 0.15) is 0 Å². The molecule has 0 aliphatic heterocycles. The Kier molecular flexibility index (Phi) is 3.92. The molecule has 0 aromatic heterocycles. The first-order chi connectivity index (χ1) is 8.24. The van der Waals surface area contributed by atoms with E-state index in [1.807, 2.05) is 0 Å². The molecule has 0 aliphatic rings. The van der Waals surface area contributed by atoms with Gasteiger partial charge in [-0.25, -0.2) is 0 Å². The van der Waals surface area contributed by atoms with E-state index in [1.165, 1.54) is 33.0 Å². The molecule has 0 radical (unpaired) electrons. The molecule has 0 saturated carbocycles. The number of aryl methyl sites for hydroxylation is 2. The van der Waals surface area contributed by atoms with Crippen LogP contribution in [0.1, 0.15) is 11.1 Å². The normalized spacial score (nSPS) is 10.3. The Balaban J connectivity index is 0.00000120. The van der Waals surface area contributed by atoms with Crippen LogP contribution in [-0.4, -0.2) is 0 Å². The molecular formula is C17H15Zr-. The Morgan fingerprint density at radius 1 is 0.889 bits per heavy atom. The Bertz CT molecular complexity index is 660. The molecule has 0 heterocycles. The van der Waals surface area contributed by atoms with E-state index in [4.69, 9.17) is 0 Å². The van der Waals surface area contributed by atoms with Gasteiger partial charge in [-0.2, -0.15) is 6.07 Å². The summed E-state index contributed by atoms with van der Waals surface area (Å²) in [5.74, 6) is 0. The van der Waals surface area contributed by atoms with Gasteiger partial charge in [0.2, 0.25) is 0 Å². The second-order valence-electron chi connectivity index (χ2n) is 4.71. The van der Waals surface area contributed by atoms with E-state index < -0.39 is 0 Å². The van der Waals surface area contributed by atoms with Crippen LogP contribution in [0.4, 0.5) is 0 Å². The van der Waals surface area contributed by atoms with Crippen LogP contribution >= 0.6 is 0 Å². The monoisotopic (exact) mass is 309 g/mol. The van der Waals surface area contributed by atoms with Gasteiger partial charge in [-0.15, -0.1) is 34.5 Å². The zero-order chi connectivity index (χ0) is 11.8. The second kappa shape index (κ2) is 5.28. The van der Waals surface area contributed by atoms with E-state index >= 15 is 0 Å². The summed E-state index contributed by atoms with van der Waals surface area (Å²) in [5.41, 5.74) is 5.27. The first kappa shape index (κ1) is 13.4. The molecule has 0 amide bonds. The van der Waals surface area contributed by atoms with E-state index in [9.17, 15) is 0 Å². The molecule has 1 heteroatoms. The van der Waals surface area contributed by atoms with Gasteiger partial charge in [-0.1, -0.05) is 48.4 Å². The Labute approximate surface area is 127 Å². The molecule has 3 aromatic carbocycles. The molecule has 18 heavy (non-hydrogen) atoms. The Morgan fingerprint density at radius 2 is 1.61 bits per heavy atom. The second-order valence-corrected chi connectivity index (χ2v) is 4.71. The average Bonchev–Trinajstić information content (AvgIpc) is 2.70. The molecule has 0 nitrogen and oxygen atoms in total. The molecule has 0 saturated heterocycles. The van der Waals surface area contributed by atoms with Gasteiger partial charge >= 0.3 is 0 Å². The summed E-state index contributed by atoms with van der Waals surface area (Å²) >= 11 is 0. The third kappa shape index (κ3) is 2.38. The predicted octanol–water partition coefficient (Wildman–Crippen LogP) is 4.84. The quantitative estimate of drug-likeness (QED) is 0.564. The molecule has 0 N–H and O–H groups in total. The van der Waals surface area contributed by atoms with Crippen molar-refractivity contribution in [2.75, 3.05) is 0 Å². The topological polar surface area (TPSA) is 0 Å². The van der Waals surface area contributed by atoms with Crippen LogP contribution in [-0.2, 0) is 26.2 Å². The molecule has 0 fully saturated rings. The van der Waals surface area contributed by atoms with Gasteiger partial charge in [0.15, 0.2) is 0 Å². The molecule has 0 aliphatic carbocycles. The van der Waals surface area contributed by atoms with E-state index in [0.717, 1.165) is 0 Å². The minimum atomic E-state index is 0. The van der Waals surface area contributed by atoms with Gasteiger partial charge in [-0.3, -0.25) is 0 Å². The van der Waals surface area contributed by atoms with Crippen LogP contribution in [0.5, 0.6) is 0 Å². The summed E-state index contributed by atoms with van der Waals surface area (Å²) in [5, 5.41) is 2.69. The van der Waals surface area contributed by atoms with Gasteiger partial charge < -0.3 is 0 Å². The fourth-order valence-corrected chi connectivity index (χ4v) is 2.37. The van der Waals surface area contributed by atoms with Gasteiger partial charge in [-0.05, 0) is 12.5 Å². The standard InChI is InChI=1S/C17H15.Zr/c1-12-6-8-14(9-7-12)16-5-3-4-15-10-13(2)11-17(15)16;/h3-11H,1-2H3;/q-1;. The maximum atomic E-state index is 2.27. The summed E-state index contributed by atoms with van der Waals surface area (Å²) in [7, 11) is 0. The summed E-state index contributed by atoms with van der Waals surface area (Å²) in [6, 6.07) is 19.8. The molecule has 0 unspecified atom stereocenters. The van der Waals surface area contributed by atoms with Gasteiger partial charge in [0.25, 0.3) is 0 Å². The van der Waals surface area contributed by atoms with Crippen LogP contribution in [0.3, 0.4) is 0 Å². The van der Waals surface area contributed by atoms with Crippen LogP contribution in [0.15, 0.2) is 54.6 Å². The van der Waals surface area contributed by atoms with Gasteiger partial charge in [0.05, 0.1) is 0 Å². The molecule has 3 aromatic rings. The number of fused-ring (bicyclic) bond motifs is 1. The summed E-state index contributed by atoms with van der Waals surface area (Å²) < 4.78 is 0. The van der Waals surface area contributed by atoms with Crippen molar-refractivity contribution in [3.8, 4) is 11.1 Å². The summed E-state index contributed by atoms with van der Waals surface area (Å²) in [6.07, 6.45) is 0. The molecular weight excluding hydrogens is 295 g/mol. The molecule has 0 bridgehead atoms. The molecule has 0 atom stereocenters. The SMILES string of the molecule is Cc1ccc(-c2cccc3[cH-]c(C)cc23)cc1.[Zr]. The fourth-order valence-electron chi connectivity index (χ4n) is 2.37. The number of rotatable bonds is 1. The largest absolute Gasteiger partial charge is 0.165 e. The molecule has 3 rings (SSSR count). The summed E-state index contributed by atoms with van der Waals surface area (Å²) in [6.45, 7) is 4.27. The first-order valence-electron chi connectivity index (χ1n) is 5.97. The minimum Gasteiger partial charge on any atom is -0.165 e. The zero-order valence-corrected chi connectivity index (χ0v) is 13.2. The Morgan fingerprint density at radius 3 is 2.33 bits per heavy atom. The zero-order valence-electron chi connectivity index (χ0n) is 10.7. The van der Waals surface area contributed by atoms with Crippen LogP contribution < -0.4 is 0 Å². The van der Waals surface area contributed by atoms with Crippen molar-refractivity contribution in [1.82, 2.24) is 0 Å². The number of hydrogen-bond acceptors (Lipinski definition) is 0. The number of benzene rings is 2. The van der Waals surface area contributed by atoms with Gasteiger partial charge in [0, 0.05) is 26.2 Å². The summed E-state index contributed by atoms with van der Waals surface area (Å²) in [4.78, 5) is 0. The smallest absolute Gasteiger partial charge is 0 e. The van der Waals surface area contributed by atoms with Crippen LogP contribution in [0.25, 0.3) is 21.9 Å². The van der Waals surface area contributed by atoms with E-state index in [2.05, 4.69) is 68.4 Å². The van der Waals surface area contributed by atoms with Crippen molar-refractivity contribution < 1.29 is 26.2 Å². The van der Waals surface area contributed by atoms with Crippen LogP contribution in [0.2, 0.25) is 0 Å². The van der Waals surface area contributed by atoms with E-state index in [1.54, 1.807) is 0 Å². The van der Waals surface area contributed by atoms with Crippen LogP contribution in [0, 0.1) is 13.8 Å². The minimum absolute atomic E-state index is 0.